The van der Waals surface area contributed by atoms with Gasteiger partial charge in [0, 0.05) is 11.4 Å². The Morgan fingerprint density at radius 1 is 0.690 bits per heavy atom. The fourth-order valence-corrected chi connectivity index (χ4v) is 4.90. The first-order valence-electron chi connectivity index (χ1n) is 9.73. The van der Waals surface area contributed by atoms with Crippen LogP contribution in [-0.4, -0.2) is 51.7 Å². The molecule has 0 aliphatic carbocycles. The van der Waals surface area contributed by atoms with E-state index in [2.05, 4.69) is 4.18 Å². The number of hydrogen-bond acceptors (Lipinski definition) is 6. The van der Waals surface area contributed by atoms with E-state index >= 15 is 0 Å². The van der Waals surface area contributed by atoms with E-state index in [-0.39, 0.29) is 5.69 Å². The van der Waals surface area contributed by atoms with E-state index in [1.54, 1.807) is 0 Å². The van der Waals surface area contributed by atoms with Crippen molar-refractivity contribution in [3.8, 4) is 5.75 Å². The van der Waals surface area contributed by atoms with Gasteiger partial charge in [0.1, 0.15) is 0 Å². The highest BCUT2D eigenvalue weighted by Gasteiger charge is 2.86. The molecule has 0 atom stereocenters. The van der Waals surface area contributed by atoms with E-state index in [9.17, 15) is 74.3 Å². The van der Waals surface area contributed by atoms with E-state index in [1.807, 2.05) is 10.6 Å². The number of carbonyl (C=O) groups is 1. The second-order valence-electron chi connectivity index (χ2n) is 7.52. The van der Waals surface area contributed by atoms with Crippen LogP contribution in [0.3, 0.4) is 0 Å². The molecule has 8 nitrogen and oxygen atoms in total. The van der Waals surface area contributed by atoms with E-state index in [4.69, 9.17) is 23.2 Å². The van der Waals surface area contributed by atoms with Crippen molar-refractivity contribution in [3.63, 3.8) is 0 Å². The molecular weight excluding hydrogens is 703 g/mol. The molecule has 2 N–H and O–H groups in total. The molecule has 0 saturated heterocycles. The van der Waals surface area contributed by atoms with Crippen LogP contribution in [0.1, 0.15) is 0 Å². The van der Waals surface area contributed by atoms with Gasteiger partial charge in [-0.3, -0.25) is 0 Å². The third kappa shape index (κ3) is 6.39. The SMILES string of the molecule is O=C(Nc1ccc(S(=O)(=O)C(F)(F)F)cc1)Nc1cc(Cl)c(OS(=O)(=O)C(F)(F)C(F)(F)C(F)(F)C(F)(F)F)c(Cl)c1. The molecule has 42 heavy (non-hydrogen) atoms. The van der Waals surface area contributed by atoms with Gasteiger partial charge in [-0.15, -0.1) is 0 Å². The van der Waals surface area contributed by atoms with Crippen molar-refractivity contribution in [1.82, 2.24) is 0 Å². The fraction of sp³-hybridized carbons (Fsp3) is 0.278. The van der Waals surface area contributed by atoms with Crippen molar-refractivity contribution < 1.29 is 78.5 Å². The van der Waals surface area contributed by atoms with Crippen LogP contribution < -0.4 is 14.8 Å². The van der Waals surface area contributed by atoms with E-state index in [0.29, 0.717) is 24.3 Å². The molecule has 0 heterocycles. The van der Waals surface area contributed by atoms with Gasteiger partial charge in [-0.1, -0.05) is 23.2 Å². The van der Waals surface area contributed by atoms with Crippen molar-refractivity contribution in [2.24, 2.45) is 0 Å². The van der Waals surface area contributed by atoms with Crippen LogP contribution in [0.2, 0.25) is 10.0 Å². The third-order valence-electron chi connectivity index (χ3n) is 4.61. The normalized spacial score (nSPS) is 14.0. The number of hydrogen-bond donors (Lipinski definition) is 2. The minimum absolute atomic E-state index is 0.310. The van der Waals surface area contributed by atoms with Crippen LogP contribution in [0.4, 0.5) is 68.9 Å². The number of nitrogens with one attached hydrogen (secondary N) is 2. The van der Waals surface area contributed by atoms with Crippen LogP contribution >= 0.6 is 23.2 Å². The molecule has 0 saturated carbocycles. The zero-order chi connectivity index (χ0) is 32.9. The topological polar surface area (TPSA) is 119 Å². The Bertz CT molecular complexity index is 1560. The van der Waals surface area contributed by atoms with Gasteiger partial charge >= 0.3 is 44.9 Å². The average molecular weight is 711 g/mol. The standard InChI is InChI=1S/C18H8Cl2F12N2O6S2/c19-10-5-8(34-13(35)33-7-1-3-9(4-2-7)41(36,37)18(30,31)32)6-11(20)12(10)40-42(38,39)17(28,29)15(23,24)14(21,22)16(25,26)27/h1-6H,(H2,33,34,35). The second-order valence-corrected chi connectivity index (χ2v) is 11.9. The Kier molecular flexibility index (Phi) is 9.27. The number of alkyl halides is 12. The molecule has 0 bridgehead atoms. The van der Waals surface area contributed by atoms with Gasteiger partial charge in [0.2, 0.25) is 0 Å². The minimum atomic E-state index is -7.61. The number of halogens is 14. The van der Waals surface area contributed by atoms with Crippen LogP contribution in [-0.2, 0) is 20.0 Å². The Morgan fingerprint density at radius 2 is 1.12 bits per heavy atom. The summed E-state index contributed by atoms with van der Waals surface area (Å²) in [6, 6.07) is 1.99. The number of amides is 2. The first-order valence-corrected chi connectivity index (χ1v) is 13.4. The summed E-state index contributed by atoms with van der Waals surface area (Å²) in [7, 11) is -13.1. The quantitative estimate of drug-likeness (QED) is 0.224. The molecule has 2 amide bonds. The highest BCUT2D eigenvalue weighted by atomic mass is 35.5. The van der Waals surface area contributed by atoms with Crippen molar-refractivity contribution in [3.05, 3.63) is 46.4 Å². The Hall–Kier alpha value is -2.85. The van der Waals surface area contributed by atoms with Crippen molar-refractivity contribution in [2.45, 2.75) is 33.7 Å². The summed E-state index contributed by atoms with van der Waals surface area (Å²) in [6.07, 6.45) is -7.33. The van der Waals surface area contributed by atoms with Gasteiger partial charge in [0.05, 0.1) is 14.9 Å². The minimum Gasteiger partial charge on any atom is -0.375 e. The number of benzene rings is 2. The fourth-order valence-electron chi connectivity index (χ4n) is 2.54. The maximum Gasteiger partial charge on any atom is 0.501 e. The van der Waals surface area contributed by atoms with Crippen LogP contribution in [0, 0.1) is 0 Å². The molecule has 0 unspecified atom stereocenters. The van der Waals surface area contributed by atoms with E-state index < -0.39 is 81.1 Å². The predicted molar refractivity (Wildman–Crippen MR) is 119 cm³/mol. The first kappa shape index (κ1) is 35.3. The lowest BCUT2D eigenvalue weighted by Crippen LogP contribution is -2.63. The lowest BCUT2D eigenvalue weighted by atomic mass is 10.1. The summed E-state index contributed by atoms with van der Waals surface area (Å²) in [5.74, 6) is -16.8. The van der Waals surface area contributed by atoms with Crippen molar-refractivity contribution in [2.75, 3.05) is 10.6 Å². The molecule has 0 aliphatic rings. The zero-order valence-corrected chi connectivity index (χ0v) is 22.2. The molecule has 2 aromatic rings. The molecule has 0 radical (unpaired) electrons. The monoisotopic (exact) mass is 710 g/mol. The molecule has 24 heteroatoms. The largest absolute Gasteiger partial charge is 0.501 e. The predicted octanol–water partition coefficient (Wildman–Crippen LogP) is 7.07. The second kappa shape index (κ2) is 11.0. The van der Waals surface area contributed by atoms with Gasteiger partial charge in [-0.2, -0.15) is 61.1 Å². The molecule has 2 rings (SSSR count). The number of sulfone groups is 1. The van der Waals surface area contributed by atoms with Crippen LogP contribution in [0.25, 0.3) is 0 Å². The maximum absolute atomic E-state index is 13.9. The summed E-state index contributed by atoms with van der Waals surface area (Å²) in [5, 5.41) is -5.75. The Balaban J connectivity index is 2.27. The summed E-state index contributed by atoms with van der Waals surface area (Å²) < 4.78 is 205. The van der Waals surface area contributed by atoms with Gasteiger partial charge < -0.3 is 14.8 Å². The first-order chi connectivity index (χ1) is 18.6. The van der Waals surface area contributed by atoms with Gasteiger partial charge in [0.15, 0.2) is 5.75 Å². The summed E-state index contributed by atoms with van der Waals surface area (Å²) in [4.78, 5) is 10.9. The van der Waals surface area contributed by atoms with Crippen molar-refractivity contribution >= 4 is 60.6 Å². The lowest BCUT2D eigenvalue weighted by Gasteiger charge is -2.32. The number of anilines is 2. The van der Waals surface area contributed by atoms with Crippen LogP contribution in [0.5, 0.6) is 5.75 Å². The molecule has 236 valence electrons. The summed E-state index contributed by atoms with van der Waals surface area (Å²) in [5.41, 5.74) is -6.50. The smallest absolute Gasteiger partial charge is 0.375 e. The maximum atomic E-state index is 13.9. The average Bonchev–Trinajstić information content (AvgIpc) is 2.80. The summed E-state index contributed by atoms with van der Waals surface area (Å²) >= 11 is 11.1. The third-order valence-corrected chi connectivity index (χ3v) is 7.94. The number of rotatable bonds is 8. The van der Waals surface area contributed by atoms with Crippen molar-refractivity contribution in [1.29, 1.82) is 0 Å². The van der Waals surface area contributed by atoms with Gasteiger partial charge in [-0.05, 0) is 36.4 Å². The number of urea groups is 1. The molecular formula is C18H8Cl2F12N2O6S2. The summed E-state index contributed by atoms with van der Waals surface area (Å²) in [6.45, 7) is 0. The number of carbonyl (C=O) groups excluding carboxylic acids is 1. The van der Waals surface area contributed by atoms with Gasteiger partial charge in [0.25, 0.3) is 9.84 Å². The Morgan fingerprint density at radius 3 is 1.52 bits per heavy atom. The van der Waals surface area contributed by atoms with Crippen LogP contribution in [0.15, 0.2) is 41.3 Å². The van der Waals surface area contributed by atoms with Gasteiger partial charge in [-0.25, -0.2) is 13.2 Å². The zero-order valence-electron chi connectivity index (χ0n) is 19.0. The molecule has 0 aliphatic heterocycles. The molecule has 0 aromatic heterocycles. The highest BCUT2D eigenvalue weighted by Crippen LogP contribution is 2.55. The Labute approximate surface area is 235 Å². The lowest BCUT2D eigenvalue weighted by molar-refractivity contribution is -0.382. The molecule has 0 spiro atoms. The highest BCUT2D eigenvalue weighted by molar-refractivity contribution is 7.92. The molecule has 2 aromatic carbocycles. The molecule has 0 fully saturated rings. The van der Waals surface area contributed by atoms with E-state index in [0.717, 1.165) is 12.1 Å². The van der Waals surface area contributed by atoms with E-state index in [1.165, 1.54) is 0 Å².